The minimum absolute atomic E-state index is 0.0379. The molecular formula is C21H26N4O2S. The van der Waals surface area contributed by atoms with Crippen LogP contribution in [0.15, 0.2) is 23.7 Å². The van der Waals surface area contributed by atoms with Crippen LogP contribution in [0.5, 0.6) is 0 Å². The number of primary amides is 1. The number of pyridine rings is 1. The van der Waals surface area contributed by atoms with Crippen LogP contribution in [0, 0.1) is 0 Å². The number of carbonyl (C=O) groups is 2. The smallest absolute Gasteiger partial charge is 0.255 e. The van der Waals surface area contributed by atoms with Crippen molar-refractivity contribution >= 4 is 23.2 Å². The Morgan fingerprint density at radius 2 is 2.18 bits per heavy atom. The highest BCUT2D eigenvalue weighted by atomic mass is 32.1. The zero-order chi connectivity index (χ0) is 19.7. The second kappa shape index (κ2) is 8.01. The minimum Gasteiger partial charge on any atom is -0.368 e. The van der Waals surface area contributed by atoms with E-state index < -0.39 is 11.9 Å². The van der Waals surface area contributed by atoms with Crippen molar-refractivity contribution in [1.29, 1.82) is 0 Å². The number of likely N-dealkylation sites (tertiary alicyclic amines) is 1. The number of nitrogens with two attached hydrogens (primary N) is 1. The minimum atomic E-state index is -0.458. The van der Waals surface area contributed by atoms with Crippen molar-refractivity contribution in [3.63, 3.8) is 0 Å². The standard InChI is InChI=1S/C21H26N4O2S/c1-2-14-5-6-15(23-10-14)11-24-9-7-16-17(13-28-19(16)12-24)21(27)25-8-3-4-18(25)20(22)26/h5-6,10,13,18H,2-4,7-9,11-12H2,1H3,(H2,22,26)/t18-/m1/s1. The highest BCUT2D eigenvalue weighted by Gasteiger charge is 2.35. The second-order valence-corrected chi connectivity index (χ2v) is 8.55. The predicted molar refractivity (Wildman–Crippen MR) is 109 cm³/mol. The van der Waals surface area contributed by atoms with Gasteiger partial charge in [0, 0.05) is 42.6 Å². The first-order chi connectivity index (χ1) is 13.6. The molecule has 6 nitrogen and oxygen atoms in total. The molecule has 2 aliphatic rings. The molecule has 1 atom stereocenters. The van der Waals surface area contributed by atoms with Gasteiger partial charge >= 0.3 is 0 Å². The third kappa shape index (κ3) is 3.69. The van der Waals surface area contributed by atoms with Gasteiger partial charge in [0.05, 0.1) is 11.3 Å². The summed E-state index contributed by atoms with van der Waals surface area (Å²) < 4.78 is 0. The fraction of sp³-hybridized carbons (Fsp3) is 0.476. The van der Waals surface area contributed by atoms with Crippen molar-refractivity contribution < 1.29 is 9.59 Å². The molecular weight excluding hydrogens is 372 g/mol. The number of rotatable bonds is 5. The summed E-state index contributed by atoms with van der Waals surface area (Å²) in [4.78, 5) is 34.5. The topological polar surface area (TPSA) is 79.5 Å². The van der Waals surface area contributed by atoms with E-state index in [9.17, 15) is 9.59 Å². The van der Waals surface area contributed by atoms with Crippen molar-refractivity contribution in [3.05, 3.63) is 51.0 Å². The number of carbonyl (C=O) groups excluding carboxylic acids is 2. The molecule has 0 spiro atoms. The lowest BCUT2D eigenvalue weighted by Crippen LogP contribution is -2.44. The highest BCUT2D eigenvalue weighted by Crippen LogP contribution is 2.31. The zero-order valence-electron chi connectivity index (χ0n) is 16.2. The van der Waals surface area contributed by atoms with Crippen molar-refractivity contribution in [2.75, 3.05) is 13.1 Å². The van der Waals surface area contributed by atoms with Gasteiger partial charge in [-0.3, -0.25) is 19.5 Å². The maximum Gasteiger partial charge on any atom is 0.255 e. The Morgan fingerprint density at radius 1 is 1.32 bits per heavy atom. The molecule has 0 saturated carbocycles. The Morgan fingerprint density at radius 3 is 2.89 bits per heavy atom. The summed E-state index contributed by atoms with van der Waals surface area (Å²) in [7, 11) is 0. The van der Waals surface area contributed by atoms with Crippen LogP contribution in [-0.2, 0) is 30.7 Å². The van der Waals surface area contributed by atoms with Crippen LogP contribution in [-0.4, -0.2) is 45.7 Å². The first-order valence-corrected chi connectivity index (χ1v) is 10.8. The summed E-state index contributed by atoms with van der Waals surface area (Å²) in [5.74, 6) is -0.438. The monoisotopic (exact) mass is 398 g/mol. The van der Waals surface area contributed by atoms with E-state index in [-0.39, 0.29) is 5.91 Å². The van der Waals surface area contributed by atoms with Crippen LogP contribution in [0.4, 0.5) is 0 Å². The number of hydrogen-bond donors (Lipinski definition) is 1. The number of hydrogen-bond acceptors (Lipinski definition) is 5. The lowest BCUT2D eigenvalue weighted by Gasteiger charge is -2.28. The highest BCUT2D eigenvalue weighted by molar-refractivity contribution is 7.10. The van der Waals surface area contributed by atoms with Crippen molar-refractivity contribution in [2.24, 2.45) is 5.73 Å². The van der Waals surface area contributed by atoms with Crippen LogP contribution in [0.3, 0.4) is 0 Å². The second-order valence-electron chi connectivity index (χ2n) is 7.58. The Bertz CT molecular complexity index is 877. The predicted octanol–water partition coefficient (Wildman–Crippen LogP) is 2.35. The molecule has 0 aromatic carbocycles. The molecule has 1 saturated heterocycles. The van der Waals surface area contributed by atoms with Gasteiger partial charge in [-0.2, -0.15) is 0 Å². The zero-order valence-corrected chi connectivity index (χ0v) is 17.0. The number of nitrogens with zero attached hydrogens (tertiary/aromatic N) is 3. The van der Waals surface area contributed by atoms with Crippen LogP contribution in [0.1, 0.15) is 51.8 Å². The Balaban J connectivity index is 1.45. The third-order valence-electron chi connectivity index (χ3n) is 5.78. The Kier molecular flexibility index (Phi) is 5.46. The van der Waals surface area contributed by atoms with Gasteiger partial charge in [-0.1, -0.05) is 13.0 Å². The number of amides is 2. The van der Waals surface area contributed by atoms with Crippen LogP contribution in [0.25, 0.3) is 0 Å². The van der Waals surface area contributed by atoms with E-state index in [2.05, 4.69) is 28.9 Å². The fourth-order valence-electron chi connectivity index (χ4n) is 4.14. The third-order valence-corrected chi connectivity index (χ3v) is 6.79. The van der Waals surface area contributed by atoms with E-state index >= 15 is 0 Å². The molecule has 2 N–H and O–H groups in total. The van der Waals surface area contributed by atoms with Gasteiger partial charge in [0.1, 0.15) is 6.04 Å². The summed E-state index contributed by atoms with van der Waals surface area (Å²) in [5, 5.41) is 1.96. The van der Waals surface area contributed by atoms with E-state index in [0.717, 1.165) is 55.7 Å². The molecule has 1 fully saturated rings. The quantitative estimate of drug-likeness (QED) is 0.838. The normalized spacial score (nSPS) is 19.6. The summed E-state index contributed by atoms with van der Waals surface area (Å²) >= 11 is 1.64. The van der Waals surface area contributed by atoms with Crippen molar-refractivity contribution in [3.8, 4) is 0 Å². The molecule has 0 unspecified atom stereocenters. The molecule has 2 amide bonds. The van der Waals surface area contributed by atoms with Gasteiger partial charge < -0.3 is 10.6 Å². The van der Waals surface area contributed by atoms with Gasteiger partial charge in [0.25, 0.3) is 5.91 Å². The molecule has 0 bridgehead atoms. The number of aromatic nitrogens is 1. The fourth-order valence-corrected chi connectivity index (χ4v) is 5.26. The van der Waals surface area contributed by atoms with Crippen LogP contribution < -0.4 is 5.73 Å². The largest absolute Gasteiger partial charge is 0.368 e. The number of fused-ring (bicyclic) bond motifs is 1. The average molecular weight is 399 g/mol. The first-order valence-electron chi connectivity index (χ1n) is 9.92. The molecule has 2 aromatic rings. The van der Waals surface area contributed by atoms with E-state index in [1.807, 2.05) is 11.6 Å². The molecule has 28 heavy (non-hydrogen) atoms. The molecule has 4 rings (SSSR count). The van der Waals surface area contributed by atoms with Crippen LogP contribution in [0.2, 0.25) is 0 Å². The molecule has 2 aliphatic heterocycles. The summed E-state index contributed by atoms with van der Waals surface area (Å²) in [6.07, 6.45) is 5.31. The van der Waals surface area contributed by atoms with Crippen molar-refractivity contribution in [1.82, 2.24) is 14.8 Å². The van der Waals surface area contributed by atoms with Gasteiger partial charge in [0.2, 0.25) is 5.91 Å². The molecule has 0 radical (unpaired) electrons. The van der Waals surface area contributed by atoms with Gasteiger partial charge in [-0.25, -0.2) is 0 Å². The van der Waals surface area contributed by atoms with Gasteiger partial charge in [0.15, 0.2) is 0 Å². The maximum absolute atomic E-state index is 13.0. The molecule has 2 aromatic heterocycles. The maximum atomic E-state index is 13.0. The molecule has 148 valence electrons. The first kappa shape index (κ1) is 19.1. The van der Waals surface area contributed by atoms with E-state index in [0.29, 0.717) is 13.0 Å². The Labute approximate surface area is 169 Å². The van der Waals surface area contributed by atoms with E-state index in [1.165, 1.54) is 10.4 Å². The van der Waals surface area contributed by atoms with E-state index in [4.69, 9.17) is 5.73 Å². The summed E-state index contributed by atoms with van der Waals surface area (Å²) in [5.41, 5.74) is 9.73. The average Bonchev–Trinajstić information content (AvgIpc) is 3.35. The van der Waals surface area contributed by atoms with Gasteiger partial charge in [-0.15, -0.1) is 11.3 Å². The SMILES string of the molecule is CCc1ccc(CN2CCc3c(C(=O)N4CCC[C@@H]4C(N)=O)csc3C2)nc1. The Hall–Kier alpha value is -2.25. The van der Waals surface area contributed by atoms with E-state index in [1.54, 1.807) is 16.2 Å². The van der Waals surface area contributed by atoms with Crippen molar-refractivity contribution in [2.45, 2.75) is 51.7 Å². The molecule has 7 heteroatoms. The van der Waals surface area contributed by atoms with Gasteiger partial charge in [-0.05, 0) is 42.9 Å². The number of aryl methyl sites for hydroxylation is 1. The lowest BCUT2D eigenvalue weighted by molar-refractivity contribution is -0.121. The molecule has 4 heterocycles. The lowest BCUT2D eigenvalue weighted by atomic mass is 10.0. The summed E-state index contributed by atoms with van der Waals surface area (Å²) in [6.45, 7) is 5.31. The van der Waals surface area contributed by atoms with Crippen LogP contribution >= 0.6 is 11.3 Å². The number of thiophene rings is 1. The summed E-state index contributed by atoms with van der Waals surface area (Å²) in [6, 6.07) is 3.79. The molecule has 0 aliphatic carbocycles.